The molecular formula is C31H25N3. The van der Waals surface area contributed by atoms with Crippen LogP contribution in [0.2, 0.25) is 0 Å². The topological polar surface area (TPSA) is 38.7 Å². The SMILES string of the molecule is Cc1nc(C)nc(Cc2cccc3c2C(c2ccccc2)(c2ccccc2)c2ccccc2-3)n1. The van der Waals surface area contributed by atoms with Gasteiger partial charge in [0.05, 0.1) is 5.41 Å². The van der Waals surface area contributed by atoms with E-state index in [0.29, 0.717) is 6.42 Å². The quantitative estimate of drug-likeness (QED) is 0.317. The molecule has 3 nitrogen and oxygen atoms in total. The first-order valence-electron chi connectivity index (χ1n) is 11.7. The maximum Gasteiger partial charge on any atom is 0.136 e. The van der Waals surface area contributed by atoms with E-state index < -0.39 is 5.41 Å². The van der Waals surface area contributed by atoms with Crippen LogP contribution in [0.1, 0.15) is 45.3 Å². The molecule has 0 spiro atoms. The maximum atomic E-state index is 4.67. The highest BCUT2D eigenvalue weighted by Crippen LogP contribution is 2.57. The highest BCUT2D eigenvalue weighted by Gasteiger charge is 2.47. The van der Waals surface area contributed by atoms with E-state index in [2.05, 4.69) is 118 Å². The zero-order valence-corrected chi connectivity index (χ0v) is 19.4. The molecule has 0 aliphatic heterocycles. The first-order valence-corrected chi connectivity index (χ1v) is 11.7. The van der Waals surface area contributed by atoms with Crippen molar-refractivity contribution < 1.29 is 0 Å². The highest BCUT2D eigenvalue weighted by molar-refractivity contribution is 5.87. The number of nitrogens with zero attached hydrogens (tertiary/aromatic N) is 3. The van der Waals surface area contributed by atoms with Crippen molar-refractivity contribution in [3.63, 3.8) is 0 Å². The van der Waals surface area contributed by atoms with E-state index in [1.807, 2.05) is 13.8 Å². The molecule has 0 radical (unpaired) electrons. The Labute approximate surface area is 200 Å². The fraction of sp³-hybridized carbons (Fsp3) is 0.129. The first-order chi connectivity index (χ1) is 16.7. The van der Waals surface area contributed by atoms with Crippen LogP contribution in [-0.2, 0) is 11.8 Å². The van der Waals surface area contributed by atoms with Crippen LogP contribution in [0.25, 0.3) is 11.1 Å². The second kappa shape index (κ2) is 8.03. The summed E-state index contributed by atoms with van der Waals surface area (Å²) in [6, 6.07) is 37.3. The number of aryl methyl sites for hydroxylation is 2. The van der Waals surface area contributed by atoms with Crippen LogP contribution in [0.3, 0.4) is 0 Å². The summed E-state index contributed by atoms with van der Waals surface area (Å²) in [5, 5.41) is 0. The molecule has 0 bridgehead atoms. The van der Waals surface area contributed by atoms with Gasteiger partial charge in [-0.05, 0) is 52.8 Å². The van der Waals surface area contributed by atoms with Crippen molar-refractivity contribution in [2.75, 3.05) is 0 Å². The van der Waals surface area contributed by atoms with Gasteiger partial charge in [-0.3, -0.25) is 0 Å². The number of hydrogen-bond donors (Lipinski definition) is 0. The Bertz CT molecular complexity index is 1430. The molecule has 1 heterocycles. The number of benzene rings is 4. The highest BCUT2D eigenvalue weighted by atomic mass is 15.0. The Morgan fingerprint density at radius 2 is 1.12 bits per heavy atom. The standard InChI is InChI=1S/C31H25N3/c1-21-32-22(2)34-29(33-21)20-23-12-11-18-27-26-17-9-10-19-28(26)31(30(23)27,24-13-5-3-6-14-24)25-15-7-4-8-16-25/h3-19H,20H2,1-2H3. The number of fused-ring (bicyclic) bond motifs is 3. The summed E-state index contributed by atoms with van der Waals surface area (Å²) in [7, 11) is 0. The molecule has 0 unspecified atom stereocenters. The van der Waals surface area contributed by atoms with Gasteiger partial charge in [0, 0.05) is 6.42 Å². The van der Waals surface area contributed by atoms with Gasteiger partial charge in [0.25, 0.3) is 0 Å². The van der Waals surface area contributed by atoms with E-state index in [4.69, 9.17) is 0 Å². The van der Waals surface area contributed by atoms with Crippen molar-refractivity contribution in [2.45, 2.75) is 25.7 Å². The van der Waals surface area contributed by atoms with Gasteiger partial charge in [0.2, 0.25) is 0 Å². The maximum absolute atomic E-state index is 4.67. The van der Waals surface area contributed by atoms with E-state index in [9.17, 15) is 0 Å². The van der Waals surface area contributed by atoms with Gasteiger partial charge in [0.1, 0.15) is 17.5 Å². The zero-order valence-electron chi connectivity index (χ0n) is 19.4. The lowest BCUT2D eigenvalue weighted by atomic mass is 9.66. The van der Waals surface area contributed by atoms with Crippen molar-refractivity contribution in [2.24, 2.45) is 0 Å². The van der Waals surface area contributed by atoms with Crippen LogP contribution in [0.5, 0.6) is 0 Å². The molecule has 6 rings (SSSR count). The van der Waals surface area contributed by atoms with Gasteiger partial charge in [-0.1, -0.05) is 103 Å². The van der Waals surface area contributed by atoms with Gasteiger partial charge in [-0.25, -0.2) is 15.0 Å². The fourth-order valence-electron chi connectivity index (χ4n) is 5.67. The summed E-state index contributed by atoms with van der Waals surface area (Å²) in [6.45, 7) is 3.86. The molecule has 0 N–H and O–H groups in total. The van der Waals surface area contributed by atoms with E-state index in [1.54, 1.807) is 0 Å². The predicted octanol–water partition coefficient (Wildman–Crippen LogP) is 6.44. The van der Waals surface area contributed by atoms with E-state index in [0.717, 1.165) is 17.5 Å². The van der Waals surface area contributed by atoms with Crippen molar-refractivity contribution in [1.82, 2.24) is 15.0 Å². The van der Waals surface area contributed by atoms with Crippen LogP contribution in [0.4, 0.5) is 0 Å². The van der Waals surface area contributed by atoms with Crippen LogP contribution in [0.15, 0.2) is 103 Å². The van der Waals surface area contributed by atoms with Gasteiger partial charge in [-0.2, -0.15) is 0 Å². The van der Waals surface area contributed by atoms with Crippen molar-refractivity contribution in [1.29, 1.82) is 0 Å². The Hall–Kier alpha value is -4.11. The van der Waals surface area contributed by atoms with Crippen LogP contribution < -0.4 is 0 Å². The van der Waals surface area contributed by atoms with Gasteiger partial charge < -0.3 is 0 Å². The molecule has 0 fully saturated rings. The molecule has 164 valence electrons. The fourth-order valence-corrected chi connectivity index (χ4v) is 5.67. The van der Waals surface area contributed by atoms with Gasteiger partial charge in [0.15, 0.2) is 0 Å². The molecule has 34 heavy (non-hydrogen) atoms. The second-order valence-electron chi connectivity index (χ2n) is 8.89. The Kier molecular flexibility index (Phi) is 4.84. The summed E-state index contributed by atoms with van der Waals surface area (Å²) in [4.78, 5) is 13.7. The molecule has 4 aromatic carbocycles. The second-order valence-corrected chi connectivity index (χ2v) is 8.89. The zero-order chi connectivity index (χ0) is 23.1. The minimum absolute atomic E-state index is 0.415. The van der Waals surface area contributed by atoms with Crippen LogP contribution in [0, 0.1) is 13.8 Å². The Morgan fingerprint density at radius 3 is 1.76 bits per heavy atom. The predicted molar refractivity (Wildman–Crippen MR) is 136 cm³/mol. The van der Waals surface area contributed by atoms with Crippen molar-refractivity contribution in [3.05, 3.63) is 148 Å². The Morgan fingerprint density at radius 1 is 0.559 bits per heavy atom. The third kappa shape index (κ3) is 3.08. The molecule has 5 aromatic rings. The van der Waals surface area contributed by atoms with Gasteiger partial charge in [-0.15, -0.1) is 0 Å². The summed E-state index contributed by atoms with van der Waals surface area (Å²) in [5.74, 6) is 2.33. The van der Waals surface area contributed by atoms with Crippen LogP contribution >= 0.6 is 0 Å². The largest absolute Gasteiger partial charge is 0.219 e. The molecule has 0 saturated carbocycles. The van der Waals surface area contributed by atoms with Crippen molar-refractivity contribution in [3.8, 4) is 11.1 Å². The number of aromatic nitrogens is 3. The monoisotopic (exact) mass is 439 g/mol. The smallest absolute Gasteiger partial charge is 0.136 e. The summed E-state index contributed by atoms with van der Waals surface area (Å²) < 4.78 is 0. The third-order valence-corrected chi connectivity index (χ3v) is 6.81. The Balaban J connectivity index is 1.70. The molecule has 0 atom stereocenters. The first kappa shape index (κ1) is 20.5. The summed E-state index contributed by atoms with van der Waals surface area (Å²) in [6.07, 6.45) is 0.656. The lowest BCUT2D eigenvalue weighted by Gasteiger charge is -2.35. The van der Waals surface area contributed by atoms with E-state index in [1.165, 1.54) is 38.9 Å². The average molecular weight is 440 g/mol. The van der Waals surface area contributed by atoms with E-state index in [-0.39, 0.29) is 0 Å². The lowest BCUT2D eigenvalue weighted by Crippen LogP contribution is -2.30. The van der Waals surface area contributed by atoms with Gasteiger partial charge >= 0.3 is 0 Å². The molecule has 1 aromatic heterocycles. The third-order valence-electron chi connectivity index (χ3n) is 6.81. The van der Waals surface area contributed by atoms with Crippen molar-refractivity contribution >= 4 is 0 Å². The molecular weight excluding hydrogens is 414 g/mol. The number of hydrogen-bond acceptors (Lipinski definition) is 3. The molecule has 0 saturated heterocycles. The molecule has 1 aliphatic carbocycles. The molecule has 1 aliphatic rings. The normalized spacial score (nSPS) is 13.4. The minimum Gasteiger partial charge on any atom is -0.219 e. The van der Waals surface area contributed by atoms with Crippen LogP contribution in [-0.4, -0.2) is 15.0 Å². The lowest BCUT2D eigenvalue weighted by molar-refractivity contribution is 0.751. The molecule has 0 amide bonds. The molecule has 3 heteroatoms. The van der Waals surface area contributed by atoms with E-state index >= 15 is 0 Å². The average Bonchev–Trinajstić information content (AvgIpc) is 3.17. The minimum atomic E-state index is -0.415. The summed E-state index contributed by atoms with van der Waals surface area (Å²) >= 11 is 0. The summed E-state index contributed by atoms with van der Waals surface area (Å²) in [5.41, 5.74) is 8.57. The number of rotatable bonds is 4.